The third-order valence-corrected chi connectivity index (χ3v) is 8.17. The van der Waals surface area contributed by atoms with E-state index in [0.717, 1.165) is 54.9 Å². The average Bonchev–Trinajstić information content (AvgIpc) is 3.00. The molecule has 1 aliphatic rings. The molecule has 2 heterocycles. The molecule has 10 nitrogen and oxygen atoms in total. The Labute approximate surface area is 260 Å². The van der Waals surface area contributed by atoms with Gasteiger partial charge in [0, 0.05) is 78.1 Å². The molecule has 0 unspecified atom stereocenters. The van der Waals surface area contributed by atoms with Gasteiger partial charge in [-0.2, -0.15) is 18.2 Å². The molecule has 0 bridgehead atoms. The molecule has 0 spiro atoms. The Hall–Kier alpha value is -3.91. The van der Waals surface area contributed by atoms with Crippen LogP contribution in [0.1, 0.15) is 16.7 Å². The molecule has 2 aromatic carbocycles. The van der Waals surface area contributed by atoms with Crippen LogP contribution < -0.4 is 24.6 Å². The average molecular weight is 633 g/mol. The van der Waals surface area contributed by atoms with Crippen LogP contribution in [0, 0.1) is 6.92 Å². The molecule has 14 heteroatoms. The highest BCUT2D eigenvalue weighted by atomic mass is 32.2. The quantitative estimate of drug-likeness (QED) is 0.279. The van der Waals surface area contributed by atoms with E-state index in [9.17, 15) is 18.0 Å². The van der Waals surface area contributed by atoms with Gasteiger partial charge in [-0.25, -0.2) is 4.98 Å². The molecule has 2 N–H and O–H groups in total. The van der Waals surface area contributed by atoms with Gasteiger partial charge in [-0.15, -0.1) is 0 Å². The summed E-state index contributed by atoms with van der Waals surface area (Å²) in [6.45, 7) is 5.46. The zero-order valence-corrected chi connectivity index (χ0v) is 26.6. The van der Waals surface area contributed by atoms with Gasteiger partial charge in [0.05, 0.1) is 25.0 Å². The summed E-state index contributed by atoms with van der Waals surface area (Å²) in [7, 11) is 6.94. The summed E-state index contributed by atoms with van der Waals surface area (Å²) in [5, 5.41) is 5.91. The minimum atomic E-state index is -4.64. The monoisotopic (exact) mass is 632 g/mol. The number of amides is 1. The maximum absolute atomic E-state index is 13.9. The minimum Gasteiger partial charge on any atom is -0.494 e. The SMILES string of the molecule is COc1cc(N2CCN(CC(=O)N(C)C)CC2)ccc1Nc1ncc(C(F)(F)F)c(NCc2ccc(C)cc2N(C)SC)n1. The number of hydrogen-bond acceptors (Lipinski definition) is 10. The van der Waals surface area contributed by atoms with Crippen molar-refractivity contribution in [2.24, 2.45) is 0 Å². The summed E-state index contributed by atoms with van der Waals surface area (Å²) >= 11 is 1.51. The molecule has 3 aromatic rings. The number of nitrogens with one attached hydrogen (secondary N) is 2. The Morgan fingerprint density at radius 1 is 1.09 bits per heavy atom. The van der Waals surface area contributed by atoms with Gasteiger partial charge < -0.3 is 29.5 Å². The van der Waals surface area contributed by atoms with Crippen LogP contribution in [0.25, 0.3) is 0 Å². The first-order chi connectivity index (χ1) is 20.9. The second kappa shape index (κ2) is 14.2. The first kappa shape index (κ1) is 33.0. The van der Waals surface area contributed by atoms with Gasteiger partial charge in [0.2, 0.25) is 11.9 Å². The highest BCUT2D eigenvalue weighted by molar-refractivity contribution is 7.99. The van der Waals surface area contributed by atoms with E-state index >= 15 is 0 Å². The van der Waals surface area contributed by atoms with Crippen molar-refractivity contribution in [3.63, 3.8) is 0 Å². The predicted molar refractivity (Wildman–Crippen MR) is 171 cm³/mol. The van der Waals surface area contributed by atoms with E-state index < -0.39 is 11.7 Å². The lowest BCUT2D eigenvalue weighted by molar-refractivity contribution is -0.137. The van der Waals surface area contributed by atoms with Crippen LogP contribution in [0.3, 0.4) is 0 Å². The number of anilines is 5. The van der Waals surface area contributed by atoms with Crippen molar-refractivity contribution in [2.45, 2.75) is 19.6 Å². The molecule has 1 aromatic heterocycles. The van der Waals surface area contributed by atoms with Crippen molar-refractivity contribution in [3.8, 4) is 5.75 Å². The number of aromatic nitrogens is 2. The zero-order valence-electron chi connectivity index (χ0n) is 25.8. The second-order valence-corrected chi connectivity index (χ2v) is 11.6. The largest absolute Gasteiger partial charge is 0.494 e. The first-order valence-corrected chi connectivity index (χ1v) is 15.3. The molecule has 0 atom stereocenters. The molecule has 1 aliphatic heterocycles. The molecule has 4 rings (SSSR count). The Balaban J connectivity index is 1.51. The Bertz CT molecular complexity index is 1450. The van der Waals surface area contributed by atoms with Gasteiger partial charge in [-0.1, -0.05) is 24.1 Å². The van der Waals surface area contributed by atoms with E-state index in [4.69, 9.17) is 4.74 Å². The third kappa shape index (κ3) is 8.17. The fourth-order valence-electron chi connectivity index (χ4n) is 4.78. The first-order valence-electron chi connectivity index (χ1n) is 14.1. The lowest BCUT2D eigenvalue weighted by Gasteiger charge is -2.36. The van der Waals surface area contributed by atoms with Gasteiger partial charge in [-0.05, 0) is 36.2 Å². The van der Waals surface area contributed by atoms with Gasteiger partial charge >= 0.3 is 6.18 Å². The maximum Gasteiger partial charge on any atom is 0.421 e. The van der Waals surface area contributed by atoms with Crippen molar-refractivity contribution < 1.29 is 22.7 Å². The van der Waals surface area contributed by atoms with Gasteiger partial charge in [0.1, 0.15) is 17.1 Å². The molecule has 1 saturated heterocycles. The van der Waals surface area contributed by atoms with E-state index in [1.807, 2.05) is 54.9 Å². The number of carbonyl (C=O) groups is 1. The lowest BCUT2D eigenvalue weighted by Crippen LogP contribution is -2.49. The number of benzene rings is 2. The number of ether oxygens (including phenoxy) is 1. The van der Waals surface area contributed by atoms with E-state index in [2.05, 4.69) is 30.4 Å². The van der Waals surface area contributed by atoms with Crippen molar-refractivity contribution in [2.75, 3.05) is 87.1 Å². The van der Waals surface area contributed by atoms with E-state index in [0.29, 0.717) is 18.0 Å². The summed E-state index contributed by atoms with van der Waals surface area (Å²) < 4.78 is 49.3. The number of piperazine rings is 1. The van der Waals surface area contributed by atoms with Gasteiger partial charge in [0.25, 0.3) is 0 Å². The molecule has 1 fully saturated rings. The smallest absolute Gasteiger partial charge is 0.421 e. The van der Waals surface area contributed by atoms with Crippen LogP contribution in [0.5, 0.6) is 5.75 Å². The highest BCUT2D eigenvalue weighted by Gasteiger charge is 2.35. The number of methoxy groups -OCH3 is 1. The number of aryl methyl sites for hydroxylation is 1. The van der Waals surface area contributed by atoms with Crippen LogP contribution in [0.2, 0.25) is 0 Å². The minimum absolute atomic E-state index is 0.00362. The highest BCUT2D eigenvalue weighted by Crippen LogP contribution is 2.36. The Morgan fingerprint density at radius 2 is 1.82 bits per heavy atom. The predicted octanol–water partition coefficient (Wildman–Crippen LogP) is 5.09. The normalized spacial score (nSPS) is 13.9. The van der Waals surface area contributed by atoms with E-state index in [-0.39, 0.29) is 24.2 Å². The number of halogens is 3. The van der Waals surface area contributed by atoms with E-state index in [1.54, 1.807) is 25.1 Å². The van der Waals surface area contributed by atoms with Crippen molar-refractivity contribution in [1.29, 1.82) is 0 Å². The summed E-state index contributed by atoms with van der Waals surface area (Å²) in [4.78, 5) is 26.2. The topological polar surface area (TPSA) is 89.1 Å². The molecule has 0 aliphatic carbocycles. The molecule has 0 radical (unpaired) electrons. The maximum atomic E-state index is 13.9. The molecular formula is C30H39F3N8O2S. The van der Waals surface area contributed by atoms with Crippen LogP contribution in [0.4, 0.5) is 42.0 Å². The number of likely N-dealkylation sites (N-methyl/N-ethyl adjacent to an activating group) is 1. The van der Waals surface area contributed by atoms with Crippen LogP contribution in [0.15, 0.2) is 42.6 Å². The Kier molecular flexibility index (Phi) is 10.7. The van der Waals surface area contributed by atoms with Crippen molar-refractivity contribution in [3.05, 3.63) is 59.3 Å². The summed E-state index contributed by atoms with van der Waals surface area (Å²) in [5.74, 6) is 0.239. The van der Waals surface area contributed by atoms with E-state index in [1.165, 1.54) is 19.1 Å². The molecule has 0 saturated carbocycles. The standard InChI is InChI=1S/C30H39F3N8O2S/c1-20-7-8-21(25(15-20)39(4)44-6)17-34-28-23(30(31,32)33)18-35-29(37-28)36-24-10-9-22(16-26(24)43-5)41-13-11-40(12-14-41)19-27(42)38(2)3/h7-10,15-16,18H,11-14,17,19H2,1-6H3,(H2,34,35,36,37). The van der Waals surface area contributed by atoms with Crippen molar-refractivity contribution in [1.82, 2.24) is 19.8 Å². The number of hydrogen-bond donors (Lipinski definition) is 2. The summed E-state index contributed by atoms with van der Waals surface area (Å²) in [5.41, 5.74) is 3.28. The number of carbonyl (C=O) groups excluding carboxylic acids is 1. The lowest BCUT2D eigenvalue weighted by atomic mass is 10.1. The molecule has 44 heavy (non-hydrogen) atoms. The fraction of sp³-hybridized carbons (Fsp3) is 0.433. The fourth-order valence-corrected chi connectivity index (χ4v) is 5.14. The molecule has 238 valence electrons. The summed E-state index contributed by atoms with van der Waals surface area (Å²) in [6.07, 6.45) is -1.93. The number of nitrogens with zero attached hydrogens (tertiary/aromatic N) is 6. The number of alkyl halides is 3. The number of rotatable bonds is 11. The van der Waals surface area contributed by atoms with Gasteiger partial charge in [-0.3, -0.25) is 9.69 Å². The molecule has 1 amide bonds. The van der Waals surface area contributed by atoms with Crippen LogP contribution >= 0.6 is 11.9 Å². The van der Waals surface area contributed by atoms with Crippen LogP contribution in [-0.4, -0.2) is 92.9 Å². The summed E-state index contributed by atoms with van der Waals surface area (Å²) in [6, 6.07) is 11.4. The third-order valence-electron chi connectivity index (χ3n) is 7.42. The second-order valence-electron chi connectivity index (χ2n) is 10.7. The van der Waals surface area contributed by atoms with Gasteiger partial charge in [0.15, 0.2) is 0 Å². The zero-order chi connectivity index (χ0) is 32.0. The van der Waals surface area contributed by atoms with Crippen molar-refractivity contribution >= 4 is 46.7 Å². The molecular weight excluding hydrogens is 593 g/mol. The Morgan fingerprint density at radius 3 is 2.45 bits per heavy atom. The van der Waals surface area contributed by atoms with Crippen LogP contribution in [-0.2, 0) is 17.5 Å².